The van der Waals surface area contributed by atoms with Gasteiger partial charge in [0.1, 0.15) is 5.82 Å². The largest absolute Gasteiger partial charge is 0.371 e. The Morgan fingerprint density at radius 3 is 2.53 bits per heavy atom. The van der Waals surface area contributed by atoms with E-state index < -0.39 is 5.82 Å². The maximum atomic E-state index is 13.2. The maximum Gasteiger partial charge on any atom is 0.253 e. The van der Waals surface area contributed by atoms with Crippen molar-refractivity contribution in [2.45, 2.75) is 38.6 Å². The van der Waals surface area contributed by atoms with Crippen LogP contribution in [0.2, 0.25) is 5.02 Å². The molecule has 30 heavy (non-hydrogen) atoms. The number of hydrogen-bond donors (Lipinski definition) is 2. The Balaban J connectivity index is 1.53. The first-order valence-electron chi connectivity index (χ1n) is 10.4. The van der Waals surface area contributed by atoms with E-state index in [2.05, 4.69) is 15.5 Å². The third kappa shape index (κ3) is 4.93. The number of anilines is 2. The topological polar surface area (TPSA) is 61.4 Å². The smallest absolute Gasteiger partial charge is 0.253 e. The fraction of sp³-hybridized carbons (Fsp3) is 0.391. The van der Waals surface area contributed by atoms with Gasteiger partial charge in [-0.25, -0.2) is 4.39 Å². The SMILES string of the molecule is O=C(NCc1ccc(F)cc1Cl)c1ccc(NC(=O)C2CC2)cc1N1CCCCC1. The van der Waals surface area contributed by atoms with E-state index in [1.807, 2.05) is 6.07 Å². The summed E-state index contributed by atoms with van der Waals surface area (Å²) in [5.74, 6) is -0.475. The van der Waals surface area contributed by atoms with Crippen molar-refractivity contribution in [2.24, 2.45) is 5.92 Å². The summed E-state index contributed by atoms with van der Waals surface area (Å²) in [6.45, 7) is 1.96. The molecule has 2 amide bonds. The molecule has 0 unspecified atom stereocenters. The molecule has 0 atom stereocenters. The molecule has 2 N–H and O–H groups in total. The van der Waals surface area contributed by atoms with Gasteiger partial charge in [0.15, 0.2) is 0 Å². The average molecular weight is 430 g/mol. The van der Waals surface area contributed by atoms with Crippen molar-refractivity contribution in [1.82, 2.24) is 5.32 Å². The molecule has 2 aromatic rings. The minimum atomic E-state index is -0.411. The third-order valence-corrected chi connectivity index (χ3v) is 5.96. The second kappa shape index (κ2) is 9.04. The summed E-state index contributed by atoms with van der Waals surface area (Å²) in [5, 5.41) is 6.14. The van der Waals surface area contributed by atoms with Gasteiger partial charge in [-0.05, 0) is 68.0 Å². The van der Waals surface area contributed by atoms with Crippen LogP contribution in [0.5, 0.6) is 0 Å². The highest BCUT2D eigenvalue weighted by atomic mass is 35.5. The Morgan fingerprint density at radius 1 is 1.07 bits per heavy atom. The van der Waals surface area contributed by atoms with Gasteiger partial charge in [-0.3, -0.25) is 9.59 Å². The summed E-state index contributed by atoms with van der Waals surface area (Å²) in [6.07, 6.45) is 5.21. The molecule has 0 radical (unpaired) electrons. The van der Waals surface area contributed by atoms with Crippen LogP contribution in [-0.2, 0) is 11.3 Å². The summed E-state index contributed by atoms with van der Waals surface area (Å²) in [6, 6.07) is 9.55. The lowest BCUT2D eigenvalue weighted by Crippen LogP contribution is -2.33. The molecule has 2 aliphatic rings. The molecule has 4 rings (SSSR count). The molecule has 0 bridgehead atoms. The van der Waals surface area contributed by atoms with Gasteiger partial charge < -0.3 is 15.5 Å². The molecule has 0 aromatic heterocycles. The summed E-state index contributed by atoms with van der Waals surface area (Å²) >= 11 is 6.07. The van der Waals surface area contributed by atoms with Crippen molar-refractivity contribution in [3.8, 4) is 0 Å². The monoisotopic (exact) mass is 429 g/mol. The van der Waals surface area contributed by atoms with Crippen molar-refractivity contribution in [1.29, 1.82) is 0 Å². The van der Waals surface area contributed by atoms with Gasteiger partial charge in [-0.15, -0.1) is 0 Å². The quantitative estimate of drug-likeness (QED) is 0.696. The van der Waals surface area contributed by atoms with Gasteiger partial charge >= 0.3 is 0 Å². The molecule has 5 nitrogen and oxygen atoms in total. The van der Waals surface area contributed by atoms with Crippen LogP contribution in [0.3, 0.4) is 0 Å². The maximum absolute atomic E-state index is 13.2. The van der Waals surface area contributed by atoms with Gasteiger partial charge in [0.2, 0.25) is 5.91 Å². The molecular weight excluding hydrogens is 405 g/mol. The van der Waals surface area contributed by atoms with Gasteiger partial charge in [-0.2, -0.15) is 0 Å². The van der Waals surface area contributed by atoms with Crippen LogP contribution in [0.25, 0.3) is 0 Å². The molecule has 1 saturated heterocycles. The second-order valence-electron chi connectivity index (χ2n) is 7.96. The zero-order valence-electron chi connectivity index (χ0n) is 16.7. The minimum Gasteiger partial charge on any atom is -0.371 e. The van der Waals surface area contributed by atoms with Gasteiger partial charge in [0.05, 0.1) is 11.3 Å². The van der Waals surface area contributed by atoms with Crippen molar-refractivity contribution in [2.75, 3.05) is 23.3 Å². The number of amides is 2. The molecule has 1 heterocycles. The Kier molecular flexibility index (Phi) is 6.23. The van der Waals surface area contributed by atoms with Crippen LogP contribution in [0.4, 0.5) is 15.8 Å². The van der Waals surface area contributed by atoms with Crippen molar-refractivity contribution >= 4 is 34.8 Å². The van der Waals surface area contributed by atoms with Gasteiger partial charge in [0, 0.05) is 36.3 Å². The highest BCUT2D eigenvalue weighted by Crippen LogP contribution is 2.32. The Bertz CT molecular complexity index is 955. The molecule has 158 valence electrons. The standard InChI is InChI=1S/C23H25ClFN3O2/c24-20-12-17(25)7-6-16(20)14-26-23(30)19-9-8-18(27-22(29)15-4-5-15)13-21(19)28-10-2-1-3-11-28/h6-9,12-13,15H,1-5,10-11,14H2,(H,26,30)(H,27,29). The molecule has 7 heteroatoms. The zero-order chi connectivity index (χ0) is 21.1. The van der Waals surface area contributed by atoms with Crippen molar-refractivity contribution in [3.05, 3.63) is 58.4 Å². The first kappa shape index (κ1) is 20.7. The number of carbonyl (C=O) groups is 2. The van der Waals surface area contributed by atoms with Crippen molar-refractivity contribution in [3.63, 3.8) is 0 Å². The number of hydrogen-bond acceptors (Lipinski definition) is 3. The number of rotatable bonds is 6. The highest BCUT2D eigenvalue weighted by molar-refractivity contribution is 6.31. The van der Waals surface area contributed by atoms with Crippen LogP contribution >= 0.6 is 11.6 Å². The van der Waals surface area contributed by atoms with E-state index in [0.717, 1.165) is 44.5 Å². The van der Waals surface area contributed by atoms with E-state index in [9.17, 15) is 14.0 Å². The molecule has 0 spiro atoms. The molecule has 1 saturated carbocycles. The lowest BCUT2D eigenvalue weighted by Gasteiger charge is -2.30. The summed E-state index contributed by atoms with van der Waals surface area (Å²) in [4.78, 5) is 27.3. The van der Waals surface area contributed by atoms with Crippen LogP contribution in [0, 0.1) is 11.7 Å². The van der Waals surface area contributed by atoms with Crippen LogP contribution in [0.15, 0.2) is 36.4 Å². The number of benzene rings is 2. The minimum absolute atomic E-state index is 0.0442. The zero-order valence-corrected chi connectivity index (χ0v) is 17.5. The average Bonchev–Trinajstić information content (AvgIpc) is 3.59. The Labute approximate surface area is 180 Å². The lowest BCUT2D eigenvalue weighted by molar-refractivity contribution is -0.117. The van der Waals surface area contributed by atoms with Crippen LogP contribution in [0.1, 0.15) is 48.0 Å². The van der Waals surface area contributed by atoms with E-state index >= 15 is 0 Å². The Morgan fingerprint density at radius 2 is 1.83 bits per heavy atom. The molecule has 1 aliphatic carbocycles. The van der Waals surface area contributed by atoms with E-state index in [0.29, 0.717) is 16.8 Å². The first-order chi connectivity index (χ1) is 14.5. The van der Waals surface area contributed by atoms with E-state index in [-0.39, 0.29) is 29.3 Å². The highest BCUT2D eigenvalue weighted by Gasteiger charge is 2.30. The number of piperidine rings is 1. The van der Waals surface area contributed by atoms with Crippen molar-refractivity contribution < 1.29 is 14.0 Å². The fourth-order valence-corrected chi connectivity index (χ4v) is 3.96. The number of nitrogens with zero attached hydrogens (tertiary/aromatic N) is 1. The molecule has 2 fully saturated rings. The normalized spacial score (nSPS) is 16.3. The fourth-order valence-electron chi connectivity index (χ4n) is 3.72. The van der Waals surface area contributed by atoms with Gasteiger partial charge in [0.25, 0.3) is 5.91 Å². The lowest BCUT2D eigenvalue weighted by atomic mass is 10.1. The van der Waals surface area contributed by atoms with E-state index in [4.69, 9.17) is 11.6 Å². The van der Waals surface area contributed by atoms with E-state index in [1.54, 1.807) is 18.2 Å². The van der Waals surface area contributed by atoms with Gasteiger partial charge in [-0.1, -0.05) is 17.7 Å². The summed E-state index contributed by atoms with van der Waals surface area (Å²) in [5.41, 5.74) is 2.75. The van der Waals surface area contributed by atoms with E-state index in [1.165, 1.54) is 18.6 Å². The number of carbonyl (C=O) groups excluding carboxylic acids is 2. The molecular formula is C23H25ClFN3O2. The first-order valence-corrected chi connectivity index (χ1v) is 10.8. The summed E-state index contributed by atoms with van der Waals surface area (Å²) in [7, 11) is 0. The Hall–Kier alpha value is -2.60. The molecule has 2 aromatic carbocycles. The molecule has 1 aliphatic heterocycles. The van der Waals surface area contributed by atoms with Crippen LogP contribution < -0.4 is 15.5 Å². The number of halogens is 2. The number of nitrogens with one attached hydrogen (secondary N) is 2. The second-order valence-corrected chi connectivity index (χ2v) is 8.37. The predicted molar refractivity (Wildman–Crippen MR) is 116 cm³/mol. The predicted octanol–water partition coefficient (Wildman–Crippen LogP) is 4.75. The third-order valence-electron chi connectivity index (χ3n) is 5.61. The van der Waals surface area contributed by atoms with Crippen LogP contribution in [-0.4, -0.2) is 24.9 Å². The summed E-state index contributed by atoms with van der Waals surface area (Å²) < 4.78 is 13.2.